The lowest BCUT2D eigenvalue weighted by Crippen LogP contribution is -2.29. The highest BCUT2D eigenvalue weighted by Crippen LogP contribution is 2.17. The highest BCUT2D eigenvalue weighted by atomic mass is 79.9. The number of nitrogens with one attached hydrogen (secondary N) is 1. The molecule has 3 rings (SSSR count). The van der Waals surface area contributed by atoms with Crippen molar-refractivity contribution in [1.82, 2.24) is 4.90 Å². The summed E-state index contributed by atoms with van der Waals surface area (Å²) in [6.45, 7) is 3.35. The summed E-state index contributed by atoms with van der Waals surface area (Å²) in [6.07, 6.45) is 3.95. The number of likely N-dealkylation sites (tertiary alicyclic amines) is 1. The van der Waals surface area contributed by atoms with Crippen LogP contribution in [-0.4, -0.2) is 23.9 Å². The van der Waals surface area contributed by atoms with Crippen LogP contribution in [0.1, 0.15) is 35.2 Å². The molecule has 0 saturated carbocycles. The molecule has 2 aromatic rings. The number of hydrogen-bond acceptors (Lipinski definition) is 2. The SMILES string of the molecule is O=C(Nc1cccc(Br)c1)c1ccc(CN2CCCCC2)cc1. The third kappa shape index (κ3) is 4.66. The molecule has 1 saturated heterocycles. The Bertz CT molecular complexity index is 663. The van der Waals surface area contributed by atoms with Gasteiger partial charge in [-0.25, -0.2) is 0 Å². The van der Waals surface area contributed by atoms with Crippen LogP contribution in [0.25, 0.3) is 0 Å². The standard InChI is InChI=1S/C19H21BrN2O/c20-17-5-4-6-18(13-17)21-19(23)16-9-7-15(8-10-16)14-22-11-2-1-3-12-22/h4-10,13H,1-3,11-12,14H2,(H,21,23). The van der Waals surface area contributed by atoms with Gasteiger partial charge in [0.25, 0.3) is 5.91 Å². The fourth-order valence-corrected chi connectivity index (χ4v) is 3.31. The summed E-state index contributed by atoms with van der Waals surface area (Å²) in [5.41, 5.74) is 2.75. The minimum atomic E-state index is -0.0763. The molecule has 1 amide bonds. The van der Waals surface area contributed by atoms with Gasteiger partial charge in [0, 0.05) is 22.3 Å². The molecule has 0 unspecified atom stereocenters. The quantitative estimate of drug-likeness (QED) is 0.844. The summed E-state index contributed by atoms with van der Waals surface area (Å²) in [6, 6.07) is 15.6. The Morgan fingerprint density at radius 2 is 1.78 bits per heavy atom. The van der Waals surface area contributed by atoms with Crippen molar-refractivity contribution in [3.8, 4) is 0 Å². The van der Waals surface area contributed by atoms with E-state index in [9.17, 15) is 4.79 Å². The Labute approximate surface area is 145 Å². The smallest absolute Gasteiger partial charge is 0.255 e. The molecule has 0 bridgehead atoms. The summed E-state index contributed by atoms with van der Waals surface area (Å²) in [7, 11) is 0. The number of anilines is 1. The molecule has 4 heteroatoms. The minimum Gasteiger partial charge on any atom is -0.322 e. The number of carbonyl (C=O) groups excluding carboxylic acids is 1. The van der Waals surface area contributed by atoms with Crippen LogP contribution in [0.4, 0.5) is 5.69 Å². The summed E-state index contributed by atoms with van der Waals surface area (Å²) < 4.78 is 0.951. The molecule has 1 aliphatic rings. The average Bonchev–Trinajstić information content (AvgIpc) is 2.56. The molecular weight excluding hydrogens is 352 g/mol. The summed E-state index contributed by atoms with van der Waals surface area (Å²) in [4.78, 5) is 14.8. The molecule has 0 atom stereocenters. The zero-order valence-corrected chi connectivity index (χ0v) is 14.7. The van der Waals surface area contributed by atoms with E-state index < -0.39 is 0 Å². The van der Waals surface area contributed by atoms with Crippen LogP contribution in [0.3, 0.4) is 0 Å². The largest absolute Gasteiger partial charge is 0.322 e. The maximum absolute atomic E-state index is 12.3. The summed E-state index contributed by atoms with van der Waals surface area (Å²) in [5, 5.41) is 2.92. The highest BCUT2D eigenvalue weighted by Gasteiger charge is 2.11. The minimum absolute atomic E-state index is 0.0763. The van der Waals surface area contributed by atoms with Crippen LogP contribution >= 0.6 is 15.9 Å². The average molecular weight is 373 g/mol. The van der Waals surface area contributed by atoms with Crippen molar-refractivity contribution in [3.63, 3.8) is 0 Å². The number of benzene rings is 2. The summed E-state index contributed by atoms with van der Waals surface area (Å²) in [5.74, 6) is -0.0763. The molecule has 1 aliphatic heterocycles. The van der Waals surface area contributed by atoms with Crippen LogP contribution < -0.4 is 5.32 Å². The van der Waals surface area contributed by atoms with Gasteiger partial charge in [-0.1, -0.05) is 40.5 Å². The molecule has 0 aliphatic carbocycles. The number of carbonyl (C=O) groups is 1. The molecule has 1 N–H and O–H groups in total. The monoisotopic (exact) mass is 372 g/mol. The van der Waals surface area contributed by atoms with Crippen LogP contribution in [-0.2, 0) is 6.54 Å². The van der Waals surface area contributed by atoms with E-state index in [0.717, 1.165) is 16.7 Å². The number of nitrogens with zero attached hydrogens (tertiary/aromatic N) is 1. The van der Waals surface area contributed by atoms with E-state index in [2.05, 4.69) is 38.3 Å². The zero-order chi connectivity index (χ0) is 16.1. The van der Waals surface area contributed by atoms with Gasteiger partial charge in [0.1, 0.15) is 0 Å². The van der Waals surface area contributed by atoms with Gasteiger partial charge in [0.15, 0.2) is 0 Å². The third-order valence-corrected chi connectivity index (χ3v) is 4.65. The van der Waals surface area contributed by atoms with E-state index in [1.165, 1.54) is 37.9 Å². The molecular formula is C19H21BrN2O. The fraction of sp³-hybridized carbons (Fsp3) is 0.316. The molecule has 0 spiro atoms. The van der Waals surface area contributed by atoms with Gasteiger partial charge in [0.05, 0.1) is 0 Å². The van der Waals surface area contributed by atoms with Crippen LogP contribution in [0, 0.1) is 0 Å². The van der Waals surface area contributed by atoms with E-state index in [-0.39, 0.29) is 5.91 Å². The second-order valence-electron chi connectivity index (χ2n) is 6.00. The molecule has 3 nitrogen and oxygen atoms in total. The zero-order valence-electron chi connectivity index (χ0n) is 13.1. The van der Waals surface area contributed by atoms with Gasteiger partial charge in [0.2, 0.25) is 0 Å². The second kappa shape index (κ2) is 7.75. The first kappa shape index (κ1) is 16.2. The lowest BCUT2D eigenvalue weighted by molar-refractivity contribution is 0.102. The van der Waals surface area contributed by atoms with Crippen LogP contribution in [0.2, 0.25) is 0 Å². The van der Waals surface area contributed by atoms with Crippen molar-refractivity contribution >= 4 is 27.5 Å². The van der Waals surface area contributed by atoms with E-state index in [1.807, 2.05) is 36.4 Å². The Balaban J connectivity index is 1.60. The predicted molar refractivity (Wildman–Crippen MR) is 97.7 cm³/mol. The van der Waals surface area contributed by atoms with Crippen molar-refractivity contribution in [2.75, 3.05) is 18.4 Å². The molecule has 1 fully saturated rings. The van der Waals surface area contributed by atoms with Gasteiger partial charge in [-0.05, 0) is 61.8 Å². The molecule has 0 radical (unpaired) electrons. The van der Waals surface area contributed by atoms with Crippen molar-refractivity contribution in [3.05, 3.63) is 64.1 Å². The van der Waals surface area contributed by atoms with Crippen molar-refractivity contribution < 1.29 is 4.79 Å². The number of amides is 1. The van der Waals surface area contributed by atoms with E-state index in [0.29, 0.717) is 5.56 Å². The van der Waals surface area contributed by atoms with E-state index in [1.54, 1.807) is 0 Å². The lowest BCUT2D eigenvalue weighted by Gasteiger charge is -2.26. The van der Waals surface area contributed by atoms with Crippen molar-refractivity contribution in [1.29, 1.82) is 0 Å². The van der Waals surface area contributed by atoms with Crippen molar-refractivity contribution in [2.45, 2.75) is 25.8 Å². The molecule has 2 aromatic carbocycles. The van der Waals surface area contributed by atoms with Gasteiger partial charge >= 0.3 is 0 Å². The Morgan fingerprint density at radius 1 is 1.04 bits per heavy atom. The topological polar surface area (TPSA) is 32.3 Å². The van der Waals surface area contributed by atoms with Gasteiger partial charge < -0.3 is 5.32 Å². The van der Waals surface area contributed by atoms with Crippen LogP contribution in [0.5, 0.6) is 0 Å². The molecule has 120 valence electrons. The summed E-state index contributed by atoms with van der Waals surface area (Å²) >= 11 is 3.41. The first-order valence-electron chi connectivity index (χ1n) is 8.09. The number of hydrogen-bond donors (Lipinski definition) is 1. The molecule has 1 heterocycles. The fourth-order valence-electron chi connectivity index (χ4n) is 2.91. The first-order chi connectivity index (χ1) is 11.2. The predicted octanol–water partition coefficient (Wildman–Crippen LogP) is 4.69. The normalized spacial score (nSPS) is 15.3. The molecule has 0 aromatic heterocycles. The van der Waals surface area contributed by atoms with Crippen LogP contribution in [0.15, 0.2) is 53.0 Å². The van der Waals surface area contributed by atoms with Crippen molar-refractivity contribution in [2.24, 2.45) is 0 Å². The van der Waals surface area contributed by atoms with Gasteiger partial charge in [-0.2, -0.15) is 0 Å². The van der Waals surface area contributed by atoms with E-state index in [4.69, 9.17) is 0 Å². The van der Waals surface area contributed by atoms with E-state index >= 15 is 0 Å². The highest BCUT2D eigenvalue weighted by molar-refractivity contribution is 9.10. The third-order valence-electron chi connectivity index (χ3n) is 4.15. The maximum atomic E-state index is 12.3. The maximum Gasteiger partial charge on any atom is 0.255 e. The van der Waals surface area contributed by atoms with Gasteiger partial charge in [-0.15, -0.1) is 0 Å². The molecule has 23 heavy (non-hydrogen) atoms. The second-order valence-corrected chi connectivity index (χ2v) is 6.91. The lowest BCUT2D eigenvalue weighted by atomic mass is 10.1. The number of halogens is 1. The Morgan fingerprint density at radius 3 is 2.48 bits per heavy atom. The Kier molecular flexibility index (Phi) is 5.47. The first-order valence-corrected chi connectivity index (χ1v) is 8.88. The number of rotatable bonds is 4. The number of piperidine rings is 1. The van der Waals surface area contributed by atoms with Gasteiger partial charge in [-0.3, -0.25) is 9.69 Å². The Hall–Kier alpha value is -1.65.